The first-order chi connectivity index (χ1) is 8.49. The van der Waals surface area contributed by atoms with Crippen molar-refractivity contribution in [1.82, 2.24) is 4.98 Å². The highest BCUT2D eigenvalue weighted by Gasteiger charge is 2.17. The number of nitrogens with one attached hydrogen (secondary N) is 1. The third kappa shape index (κ3) is 3.28. The van der Waals surface area contributed by atoms with Crippen LogP contribution < -0.4 is 16.0 Å². The van der Waals surface area contributed by atoms with Gasteiger partial charge in [0.2, 0.25) is 5.91 Å². The molecule has 1 aromatic rings. The van der Waals surface area contributed by atoms with Crippen LogP contribution >= 0.6 is 0 Å². The van der Waals surface area contributed by atoms with E-state index in [1.54, 1.807) is 13.8 Å². The minimum Gasteiger partial charge on any atom is -0.368 e. The van der Waals surface area contributed by atoms with Gasteiger partial charge in [0, 0.05) is 19.2 Å². The average Bonchev–Trinajstić information content (AvgIpc) is 2.30. The summed E-state index contributed by atoms with van der Waals surface area (Å²) in [7, 11) is 0. The molecule has 0 aromatic carbocycles. The van der Waals surface area contributed by atoms with E-state index in [4.69, 9.17) is 5.73 Å². The Morgan fingerprint density at radius 1 is 1.44 bits per heavy atom. The summed E-state index contributed by atoms with van der Waals surface area (Å²) in [5, 5.41) is 2.68. The number of hydrogen-bond donors (Lipinski definition) is 2. The van der Waals surface area contributed by atoms with Crippen molar-refractivity contribution in [3.63, 3.8) is 0 Å². The maximum Gasteiger partial charge on any atom is 0.236 e. The van der Waals surface area contributed by atoms with Gasteiger partial charge in [0.15, 0.2) is 23.3 Å². The number of amides is 1. The van der Waals surface area contributed by atoms with Crippen LogP contribution in [0, 0.1) is 11.6 Å². The fourth-order valence-corrected chi connectivity index (χ4v) is 1.49. The zero-order valence-corrected chi connectivity index (χ0v) is 10.3. The second-order valence-corrected chi connectivity index (χ2v) is 3.64. The van der Waals surface area contributed by atoms with E-state index in [0.717, 1.165) is 6.07 Å². The van der Waals surface area contributed by atoms with E-state index in [9.17, 15) is 13.6 Å². The van der Waals surface area contributed by atoms with Gasteiger partial charge in [0.05, 0.1) is 6.54 Å². The lowest BCUT2D eigenvalue weighted by atomic mass is 10.3. The van der Waals surface area contributed by atoms with Crippen LogP contribution in [0.2, 0.25) is 0 Å². The Hall–Kier alpha value is -1.92. The van der Waals surface area contributed by atoms with Gasteiger partial charge >= 0.3 is 0 Å². The molecule has 18 heavy (non-hydrogen) atoms. The van der Waals surface area contributed by atoms with Gasteiger partial charge < -0.3 is 16.0 Å². The number of hydrogen-bond acceptors (Lipinski definition) is 4. The van der Waals surface area contributed by atoms with E-state index in [1.807, 2.05) is 0 Å². The van der Waals surface area contributed by atoms with Crippen molar-refractivity contribution in [3.8, 4) is 0 Å². The Morgan fingerprint density at radius 3 is 2.61 bits per heavy atom. The highest BCUT2D eigenvalue weighted by atomic mass is 19.1. The fourth-order valence-electron chi connectivity index (χ4n) is 1.49. The molecule has 3 N–H and O–H groups in total. The third-order valence-corrected chi connectivity index (χ3v) is 2.28. The minimum atomic E-state index is -0.822. The zero-order chi connectivity index (χ0) is 13.7. The van der Waals surface area contributed by atoms with Gasteiger partial charge in [-0.1, -0.05) is 0 Å². The molecule has 0 saturated heterocycles. The molecule has 7 heteroatoms. The van der Waals surface area contributed by atoms with Gasteiger partial charge in [-0.05, 0) is 13.8 Å². The van der Waals surface area contributed by atoms with Crippen LogP contribution in [0.1, 0.15) is 13.8 Å². The normalized spacial score (nSPS) is 10.2. The first kappa shape index (κ1) is 14.1. The van der Waals surface area contributed by atoms with Crippen LogP contribution in [0.5, 0.6) is 0 Å². The van der Waals surface area contributed by atoms with Crippen LogP contribution in [0.25, 0.3) is 0 Å². The van der Waals surface area contributed by atoms with Crippen molar-refractivity contribution < 1.29 is 13.6 Å². The number of nitrogens with two attached hydrogens (primary N) is 1. The van der Waals surface area contributed by atoms with E-state index in [-0.39, 0.29) is 18.2 Å². The molecule has 0 aliphatic rings. The maximum absolute atomic E-state index is 13.6. The molecule has 0 spiro atoms. The van der Waals surface area contributed by atoms with Crippen molar-refractivity contribution in [2.45, 2.75) is 13.8 Å². The summed E-state index contributed by atoms with van der Waals surface area (Å²) in [5.74, 6) is -2.33. The molecule has 0 atom stereocenters. The lowest BCUT2D eigenvalue weighted by Gasteiger charge is -2.21. The van der Waals surface area contributed by atoms with Crippen molar-refractivity contribution in [2.24, 2.45) is 5.73 Å². The molecule has 1 rings (SSSR count). The third-order valence-electron chi connectivity index (χ3n) is 2.28. The summed E-state index contributed by atoms with van der Waals surface area (Å²) in [6.45, 7) is 4.12. The Bertz CT molecular complexity index is 439. The monoisotopic (exact) mass is 258 g/mol. The fraction of sp³-hybridized carbons (Fsp3) is 0.455. The average molecular weight is 258 g/mol. The summed E-state index contributed by atoms with van der Waals surface area (Å²) in [5.41, 5.74) is 5.06. The van der Waals surface area contributed by atoms with E-state index in [0.29, 0.717) is 13.1 Å². The summed E-state index contributed by atoms with van der Waals surface area (Å²) in [4.78, 5) is 16.1. The molecule has 0 fully saturated rings. The van der Waals surface area contributed by atoms with Crippen molar-refractivity contribution in [3.05, 3.63) is 17.7 Å². The molecule has 0 saturated carbocycles. The SMILES string of the molecule is CCNc1nc(N(CC)CC(N)=O)c(F)cc1F. The lowest BCUT2D eigenvalue weighted by Crippen LogP contribution is -2.35. The number of pyridine rings is 1. The van der Waals surface area contributed by atoms with Gasteiger partial charge in [-0.25, -0.2) is 13.8 Å². The van der Waals surface area contributed by atoms with Gasteiger partial charge in [0.25, 0.3) is 0 Å². The van der Waals surface area contributed by atoms with Crippen molar-refractivity contribution in [1.29, 1.82) is 0 Å². The second kappa shape index (κ2) is 6.13. The van der Waals surface area contributed by atoms with Crippen LogP contribution in [-0.4, -0.2) is 30.5 Å². The van der Waals surface area contributed by atoms with Crippen molar-refractivity contribution >= 4 is 17.5 Å². The van der Waals surface area contributed by atoms with Crippen LogP contribution in [0.15, 0.2) is 6.07 Å². The summed E-state index contributed by atoms with van der Waals surface area (Å²) in [6, 6.07) is 0.740. The first-order valence-electron chi connectivity index (χ1n) is 5.62. The Kier molecular flexibility index (Phi) is 4.82. The molecule has 0 unspecified atom stereocenters. The van der Waals surface area contributed by atoms with Crippen LogP contribution in [0.4, 0.5) is 20.4 Å². The second-order valence-electron chi connectivity index (χ2n) is 3.64. The smallest absolute Gasteiger partial charge is 0.236 e. The first-order valence-corrected chi connectivity index (χ1v) is 5.62. The Morgan fingerprint density at radius 2 is 2.11 bits per heavy atom. The molecule has 0 radical (unpaired) electrons. The number of likely N-dealkylation sites (N-methyl/N-ethyl adjacent to an activating group) is 1. The largest absolute Gasteiger partial charge is 0.368 e. The molecule has 100 valence electrons. The summed E-state index contributed by atoms with van der Waals surface area (Å²) < 4.78 is 27.0. The standard InChI is InChI=1S/C11H16F2N4O/c1-3-15-10-7(12)5-8(13)11(16-10)17(4-2)6-9(14)18/h5H,3-4,6H2,1-2H3,(H2,14,18)(H,15,16). The van der Waals surface area contributed by atoms with E-state index in [1.165, 1.54) is 4.90 Å². The topological polar surface area (TPSA) is 71.2 Å². The number of anilines is 2. The molecule has 5 nitrogen and oxygen atoms in total. The molecule has 0 aliphatic heterocycles. The molecule has 1 aromatic heterocycles. The maximum atomic E-state index is 13.6. The molecule has 1 amide bonds. The lowest BCUT2D eigenvalue weighted by molar-refractivity contribution is -0.116. The van der Waals surface area contributed by atoms with Crippen molar-refractivity contribution in [2.75, 3.05) is 29.9 Å². The Labute approximate surface area is 104 Å². The quantitative estimate of drug-likeness (QED) is 0.801. The molecular formula is C11H16F2N4O. The summed E-state index contributed by atoms with van der Waals surface area (Å²) in [6.07, 6.45) is 0. The minimum absolute atomic E-state index is 0.0446. The number of nitrogens with zero attached hydrogens (tertiary/aromatic N) is 2. The molecule has 1 heterocycles. The van der Waals surface area contributed by atoms with E-state index >= 15 is 0 Å². The van der Waals surface area contributed by atoms with E-state index in [2.05, 4.69) is 10.3 Å². The number of primary amides is 1. The summed E-state index contributed by atoms with van der Waals surface area (Å²) >= 11 is 0. The number of rotatable bonds is 6. The highest BCUT2D eigenvalue weighted by Crippen LogP contribution is 2.22. The van der Waals surface area contributed by atoms with E-state index < -0.39 is 17.5 Å². The Balaban J connectivity index is 3.12. The number of carbonyl (C=O) groups is 1. The zero-order valence-electron chi connectivity index (χ0n) is 10.3. The molecular weight excluding hydrogens is 242 g/mol. The number of halogens is 2. The molecule has 0 bridgehead atoms. The van der Waals surface area contributed by atoms with Crippen LogP contribution in [-0.2, 0) is 4.79 Å². The number of carbonyl (C=O) groups excluding carboxylic acids is 1. The van der Waals surface area contributed by atoms with Gasteiger partial charge in [-0.15, -0.1) is 0 Å². The number of aromatic nitrogens is 1. The van der Waals surface area contributed by atoms with Crippen LogP contribution in [0.3, 0.4) is 0 Å². The van der Waals surface area contributed by atoms with Gasteiger partial charge in [0.1, 0.15) is 0 Å². The highest BCUT2D eigenvalue weighted by molar-refractivity contribution is 5.79. The molecule has 0 aliphatic carbocycles. The predicted octanol–water partition coefficient (Wildman–Crippen LogP) is 1.10. The van der Waals surface area contributed by atoms with Gasteiger partial charge in [-0.3, -0.25) is 4.79 Å². The predicted molar refractivity (Wildman–Crippen MR) is 65.4 cm³/mol. The van der Waals surface area contributed by atoms with Gasteiger partial charge in [-0.2, -0.15) is 0 Å².